The van der Waals surface area contributed by atoms with Gasteiger partial charge in [0.25, 0.3) is 0 Å². The third-order valence-corrected chi connectivity index (χ3v) is 3.16. The third kappa shape index (κ3) is 3.64. The number of hydrogen-bond donors (Lipinski definition) is 1. The standard InChI is InChI=1S/C13H19FN4O/c1-10-2-3-18(8-10)13-16-6-12(7-17-13)19-9-11(4-14)5-15/h4,6-7,10H,2-3,5,8-9,15H2,1H3/b11-4+. The average molecular weight is 266 g/mol. The van der Waals surface area contributed by atoms with Crippen LogP contribution in [0, 0.1) is 5.92 Å². The van der Waals surface area contributed by atoms with E-state index in [2.05, 4.69) is 21.8 Å². The van der Waals surface area contributed by atoms with Gasteiger partial charge in [0.05, 0.1) is 18.7 Å². The molecular formula is C13H19FN4O. The Hall–Kier alpha value is -1.69. The van der Waals surface area contributed by atoms with Crippen LogP contribution in [0.1, 0.15) is 13.3 Å². The summed E-state index contributed by atoms with van der Waals surface area (Å²) >= 11 is 0. The molecule has 2 heterocycles. The second-order valence-corrected chi connectivity index (χ2v) is 4.82. The summed E-state index contributed by atoms with van der Waals surface area (Å²) in [7, 11) is 0. The number of aromatic nitrogens is 2. The first kappa shape index (κ1) is 13.7. The van der Waals surface area contributed by atoms with Crippen molar-refractivity contribution in [3.63, 3.8) is 0 Å². The Morgan fingerprint density at radius 3 is 2.84 bits per heavy atom. The fourth-order valence-electron chi connectivity index (χ4n) is 1.97. The summed E-state index contributed by atoms with van der Waals surface area (Å²) in [5, 5.41) is 0. The van der Waals surface area contributed by atoms with E-state index in [-0.39, 0.29) is 13.2 Å². The first-order chi connectivity index (χ1) is 9.22. The van der Waals surface area contributed by atoms with Crippen molar-refractivity contribution in [2.75, 3.05) is 31.1 Å². The molecule has 1 unspecified atom stereocenters. The molecular weight excluding hydrogens is 247 g/mol. The molecule has 1 atom stereocenters. The van der Waals surface area contributed by atoms with Crippen LogP contribution in [0.3, 0.4) is 0 Å². The molecule has 6 heteroatoms. The number of anilines is 1. The molecule has 0 saturated carbocycles. The molecule has 0 bridgehead atoms. The Kier molecular flexibility index (Phi) is 4.68. The molecule has 1 aromatic heterocycles. The zero-order valence-electron chi connectivity index (χ0n) is 11.1. The zero-order chi connectivity index (χ0) is 13.7. The number of nitrogens with zero attached hydrogens (tertiary/aromatic N) is 3. The van der Waals surface area contributed by atoms with E-state index >= 15 is 0 Å². The van der Waals surface area contributed by atoms with Gasteiger partial charge in [-0.15, -0.1) is 0 Å². The molecule has 0 radical (unpaired) electrons. The van der Waals surface area contributed by atoms with Gasteiger partial charge in [0.15, 0.2) is 5.75 Å². The number of nitrogens with two attached hydrogens (primary N) is 1. The quantitative estimate of drug-likeness (QED) is 0.875. The van der Waals surface area contributed by atoms with Gasteiger partial charge in [-0.3, -0.25) is 0 Å². The van der Waals surface area contributed by atoms with Gasteiger partial charge >= 0.3 is 0 Å². The molecule has 0 aromatic carbocycles. The molecule has 0 aliphatic carbocycles. The summed E-state index contributed by atoms with van der Waals surface area (Å²) in [5.74, 6) is 1.92. The molecule has 1 aromatic rings. The van der Waals surface area contributed by atoms with Crippen molar-refractivity contribution in [2.45, 2.75) is 13.3 Å². The summed E-state index contributed by atoms with van der Waals surface area (Å²) in [6, 6.07) is 0. The molecule has 0 spiro atoms. The Morgan fingerprint density at radius 1 is 1.58 bits per heavy atom. The lowest BCUT2D eigenvalue weighted by atomic mass is 10.2. The minimum absolute atomic E-state index is 0.121. The highest BCUT2D eigenvalue weighted by Gasteiger charge is 2.20. The molecule has 19 heavy (non-hydrogen) atoms. The van der Waals surface area contributed by atoms with E-state index in [1.807, 2.05) is 0 Å². The Bertz CT molecular complexity index is 435. The first-order valence-electron chi connectivity index (χ1n) is 6.41. The van der Waals surface area contributed by atoms with Crippen LogP contribution in [0.2, 0.25) is 0 Å². The molecule has 5 nitrogen and oxygen atoms in total. The number of rotatable bonds is 5. The van der Waals surface area contributed by atoms with Crippen LogP contribution in [0.5, 0.6) is 5.75 Å². The van der Waals surface area contributed by atoms with Crippen LogP contribution in [-0.4, -0.2) is 36.2 Å². The lowest BCUT2D eigenvalue weighted by Crippen LogP contribution is -2.21. The summed E-state index contributed by atoms with van der Waals surface area (Å²) < 4.78 is 17.7. The van der Waals surface area contributed by atoms with Crippen LogP contribution >= 0.6 is 0 Å². The van der Waals surface area contributed by atoms with E-state index in [1.165, 1.54) is 6.42 Å². The highest BCUT2D eigenvalue weighted by Crippen LogP contribution is 2.20. The van der Waals surface area contributed by atoms with Crippen molar-refractivity contribution in [2.24, 2.45) is 11.7 Å². The van der Waals surface area contributed by atoms with E-state index in [1.54, 1.807) is 12.4 Å². The van der Waals surface area contributed by atoms with Gasteiger partial charge in [0.2, 0.25) is 5.95 Å². The Labute approximate surface area is 112 Å². The topological polar surface area (TPSA) is 64.3 Å². The zero-order valence-corrected chi connectivity index (χ0v) is 11.1. The lowest BCUT2D eigenvalue weighted by Gasteiger charge is -2.15. The number of hydrogen-bond acceptors (Lipinski definition) is 5. The molecule has 104 valence electrons. The molecule has 2 N–H and O–H groups in total. The van der Waals surface area contributed by atoms with Gasteiger partial charge in [-0.05, 0) is 12.3 Å². The van der Waals surface area contributed by atoms with Gasteiger partial charge in [-0.25, -0.2) is 14.4 Å². The Morgan fingerprint density at radius 2 is 2.32 bits per heavy atom. The van der Waals surface area contributed by atoms with Gasteiger partial charge < -0.3 is 15.4 Å². The highest BCUT2D eigenvalue weighted by molar-refractivity contribution is 5.32. The van der Waals surface area contributed by atoms with Crippen LogP contribution < -0.4 is 15.4 Å². The van der Waals surface area contributed by atoms with Crippen molar-refractivity contribution >= 4 is 5.95 Å². The maximum absolute atomic E-state index is 12.3. The van der Waals surface area contributed by atoms with Gasteiger partial charge in [-0.2, -0.15) is 0 Å². The molecule has 2 rings (SSSR count). The van der Waals surface area contributed by atoms with Crippen LogP contribution in [0.4, 0.5) is 10.3 Å². The predicted molar refractivity (Wildman–Crippen MR) is 71.8 cm³/mol. The van der Waals surface area contributed by atoms with Crippen molar-refractivity contribution in [1.82, 2.24) is 9.97 Å². The van der Waals surface area contributed by atoms with E-state index in [9.17, 15) is 4.39 Å². The van der Waals surface area contributed by atoms with E-state index in [0.717, 1.165) is 19.0 Å². The highest BCUT2D eigenvalue weighted by atomic mass is 19.1. The normalized spacial score (nSPS) is 19.8. The van der Waals surface area contributed by atoms with Gasteiger partial charge in [-0.1, -0.05) is 6.92 Å². The molecule has 0 amide bonds. The van der Waals surface area contributed by atoms with Gasteiger partial charge in [0, 0.05) is 25.2 Å². The molecule has 1 aliphatic heterocycles. The monoisotopic (exact) mass is 266 g/mol. The Balaban J connectivity index is 1.91. The summed E-state index contributed by atoms with van der Waals surface area (Å²) in [4.78, 5) is 10.7. The van der Waals surface area contributed by atoms with E-state index < -0.39 is 0 Å². The summed E-state index contributed by atoms with van der Waals surface area (Å²) in [6.07, 6.45) is 4.86. The number of ether oxygens (including phenoxy) is 1. The second kappa shape index (κ2) is 6.47. The maximum Gasteiger partial charge on any atom is 0.225 e. The van der Waals surface area contributed by atoms with Crippen LogP contribution in [0.15, 0.2) is 24.3 Å². The second-order valence-electron chi connectivity index (χ2n) is 4.82. The van der Waals surface area contributed by atoms with E-state index in [0.29, 0.717) is 23.6 Å². The van der Waals surface area contributed by atoms with Crippen LogP contribution in [0.25, 0.3) is 0 Å². The number of halogens is 1. The molecule has 1 saturated heterocycles. The van der Waals surface area contributed by atoms with Crippen LogP contribution in [-0.2, 0) is 0 Å². The molecule has 1 aliphatic rings. The first-order valence-corrected chi connectivity index (χ1v) is 6.41. The summed E-state index contributed by atoms with van der Waals surface area (Å²) in [6.45, 7) is 4.46. The smallest absolute Gasteiger partial charge is 0.225 e. The minimum Gasteiger partial charge on any atom is -0.486 e. The van der Waals surface area contributed by atoms with E-state index in [4.69, 9.17) is 10.5 Å². The fraction of sp³-hybridized carbons (Fsp3) is 0.538. The fourth-order valence-corrected chi connectivity index (χ4v) is 1.97. The average Bonchev–Trinajstić information content (AvgIpc) is 2.87. The van der Waals surface area contributed by atoms with Crippen molar-refractivity contribution in [3.8, 4) is 5.75 Å². The summed E-state index contributed by atoms with van der Waals surface area (Å²) in [5.41, 5.74) is 5.74. The third-order valence-electron chi connectivity index (χ3n) is 3.16. The molecule has 1 fully saturated rings. The van der Waals surface area contributed by atoms with Crippen molar-refractivity contribution < 1.29 is 9.13 Å². The lowest BCUT2D eigenvalue weighted by molar-refractivity contribution is 0.344. The SMILES string of the molecule is CC1CCN(c2ncc(OC/C(=C/F)CN)cn2)C1. The van der Waals surface area contributed by atoms with Crippen molar-refractivity contribution in [1.29, 1.82) is 0 Å². The largest absolute Gasteiger partial charge is 0.486 e. The van der Waals surface area contributed by atoms with Crippen molar-refractivity contribution in [3.05, 3.63) is 24.3 Å². The van der Waals surface area contributed by atoms with Gasteiger partial charge in [0.1, 0.15) is 6.61 Å². The minimum atomic E-state index is 0.121. The predicted octanol–water partition coefficient (Wildman–Crippen LogP) is 1.51. The maximum atomic E-state index is 12.3.